The molecule has 0 heterocycles. The van der Waals surface area contributed by atoms with Gasteiger partial charge in [-0.2, -0.15) is 0 Å². The van der Waals surface area contributed by atoms with E-state index < -0.39 is 7.60 Å². The van der Waals surface area contributed by atoms with Crippen molar-refractivity contribution in [2.24, 2.45) is 0 Å². The van der Waals surface area contributed by atoms with Crippen LogP contribution in [0.4, 0.5) is 0 Å². The van der Waals surface area contributed by atoms with Crippen LogP contribution >= 0.6 is 7.60 Å². The van der Waals surface area contributed by atoms with Gasteiger partial charge in [0, 0.05) is 25.2 Å². The topological polar surface area (TPSA) is 89.9 Å². The van der Waals surface area contributed by atoms with Gasteiger partial charge in [-0.25, -0.2) is 0 Å². The summed E-state index contributed by atoms with van der Waals surface area (Å²) in [5, 5.41) is 3.19. The zero-order chi connectivity index (χ0) is 22.2. The SMILES string of the molecule is CCCCCCN(CCCCCC)C(=O)c1ccc(CNCCCP(=O)(O)O)cc1. The van der Waals surface area contributed by atoms with E-state index in [-0.39, 0.29) is 12.1 Å². The Hall–Kier alpha value is -1.20. The molecule has 172 valence electrons. The average Bonchev–Trinajstić information content (AvgIpc) is 2.71. The summed E-state index contributed by atoms with van der Waals surface area (Å²) in [7, 11) is -3.91. The molecular formula is C23H41N2O4P. The van der Waals surface area contributed by atoms with Crippen LogP contribution in [0.2, 0.25) is 0 Å². The number of unbranched alkanes of at least 4 members (excludes halogenated alkanes) is 6. The first-order chi connectivity index (χ1) is 14.4. The van der Waals surface area contributed by atoms with Gasteiger partial charge < -0.3 is 20.0 Å². The highest BCUT2D eigenvalue weighted by Crippen LogP contribution is 2.34. The molecule has 3 N–H and O–H groups in total. The highest BCUT2D eigenvalue weighted by molar-refractivity contribution is 7.51. The number of benzene rings is 1. The van der Waals surface area contributed by atoms with Crippen LogP contribution in [0.15, 0.2) is 24.3 Å². The maximum absolute atomic E-state index is 13.0. The summed E-state index contributed by atoms with van der Waals surface area (Å²) < 4.78 is 10.8. The minimum absolute atomic E-state index is 0.0974. The highest BCUT2D eigenvalue weighted by Gasteiger charge is 2.15. The second kappa shape index (κ2) is 15.6. The van der Waals surface area contributed by atoms with Crippen molar-refractivity contribution in [2.45, 2.75) is 78.2 Å². The molecule has 0 saturated heterocycles. The fourth-order valence-corrected chi connectivity index (χ4v) is 3.93. The Morgan fingerprint density at radius 2 is 1.47 bits per heavy atom. The molecule has 0 aliphatic carbocycles. The van der Waals surface area contributed by atoms with Crippen molar-refractivity contribution < 1.29 is 19.1 Å². The number of carbonyl (C=O) groups excluding carboxylic acids is 1. The first-order valence-corrected chi connectivity index (χ1v) is 13.3. The van der Waals surface area contributed by atoms with E-state index in [1.165, 1.54) is 38.5 Å². The Labute approximate surface area is 182 Å². The lowest BCUT2D eigenvalue weighted by atomic mass is 10.1. The van der Waals surface area contributed by atoms with Gasteiger partial charge in [0.2, 0.25) is 0 Å². The summed E-state index contributed by atoms with van der Waals surface area (Å²) in [6.07, 6.45) is 9.61. The first-order valence-electron chi connectivity index (χ1n) is 11.5. The Balaban J connectivity index is 2.53. The second-order valence-electron chi connectivity index (χ2n) is 8.03. The van der Waals surface area contributed by atoms with E-state index in [1.807, 2.05) is 29.2 Å². The molecule has 0 fully saturated rings. The molecule has 0 atom stereocenters. The Morgan fingerprint density at radius 3 is 1.97 bits per heavy atom. The van der Waals surface area contributed by atoms with Gasteiger partial charge in [-0.1, -0.05) is 64.5 Å². The van der Waals surface area contributed by atoms with Gasteiger partial charge in [-0.3, -0.25) is 9.36 Å². The van der Waals surface area contributed by atoms with Crippen molar-refractivity contribution in [1.82, 2.24) is 10.2 Å². The summed E-state index contributed by atoms with van der Waals surface area (Å²) >= 11 is 0. The van der Waals surface area contributed by atoms with Gasteiger partial charge in [0.25, 0.3) is 5.91 Å². The van der Waals surface area contributed by atoms with Crippen molar-refractivity contribution in [3.63, 3.8) is 0 Å². The van der Waals surface area contributed by atoms with E-state index >= 15 is 0 Å². The van der Waals surface area contributed by atoms with Gasteiger partial charge in [0.05, 0.1) is 6.16 Å². The molecule has 0 spiro atoms. The first kappa shape index (κ1) is 26.8. The van der Waals surface area contributed by atoms with E-state index in [0.29, 0.717) is 19.5 Å². The molecule has 30 heavy (non-hydrogen) atoms. The minimum atomic E-state index is -3.91. The van der Waals surface area contributed by atoms with Crippen LogP contribution < -0.4 is 5.32 Å². The highest BCUT2D eigenvalue weighted by atomic mass is 31.2. The summed E-state index contributed by atoms with van der Waals surface area (Å²) in [6.45, 7) is 7.22. The molecule has 0 unspecified atom stereocenters. The molecule has 0 aliphatic heterocycles. The molecule has 0 bridgehead atoms. The van der Waals surface area contributed by atoms with Gasteiger partial charge >= 0.3 is 7.60 Å². The number of carbonyl (C=O) groups is 1. The van der Waals surface area contributed by atoms with E-state index in [1.54, 1.807) is 0 Å². The predicted octanol–water partition coefficient (Wildman–Crippen LogP) is 4.95. The van der Waals surface area contributed by atoms with Crippen LogP contribution in [-0.4, -0.2) is 46.4 Å². The number of hydrogen-bond donors (Lipinski definition) is 3. The molecular weight excluding hydrogens is 399 g/mol. The molecule has 0 aliphatic rings. The summed E-state index contributed by atoms with van der Waals surface area (Å²) in [4.78, 5) is 32.8. The monoisotopic (exact) mass is 440 g/mol. The van der Waals surface area contributed by atoms with Crippen LogP contribution in [0.3, 0.4) is 0 Å². The second-order valence-corrected chi connectivity index (χ2v) is 9.81. The molecule has 1 aromatic carbocycles. The van der Waals surface area contributed by atoms with Gasteiger partial charge in [-0.05, 0) is 43.5 Å². The maximum Gasteiger partial charge on any atom is 0.325 e. The fraction of sp³-hybridized carbons (Fsp3) is 0.696. The van der Waals surface area contributed by atoms with Crippen LogP contribution in [-0.2, 0) is 11.1 Å². The van der Waals surface area contributed by atoms with Crippen LogP contribution in [0.5, 0.6) is 0 Å². The standard InChI is InChI=1S/C23H41N2O4P/c1-3-5-7-9-17-25(18-10-8-6-4-2)23(26)22-14-12-21(13-15-22)20-24-16-11-19-30(27,28)29/h12-15,24H,3-11,16-20H2,1-2H3,(H2,27,28,29). The average molecular weight is 441 g/mol. The third-order valence-electron chi connectivity index (χ3n) is 5.18. The molecule has 0 saturated carbocycles. The van der Waals surface area contributed by atoms with Crippen LogP contribution in [0.25, 0.3) is 0 Å². The number of nitrogens with zero attached hydrogens (tertiary/aromatic N) is 1. The molecule has 6 nitrogen and oxygen atoms in total. The van der Waals surface area contributed by atoms with E-state index in [9.17, 15) is 9.36 Å². The lowest BCUT2D eigenvalue weighted by Gasteiger charge is -2.23. The van der Waals surface area contributed by atoms with Crippen molar-refractivity contribution in [3.8, 4) is 0 Å². The molecule has 0 aromatic heterocycles. The normalized spacial score (nSPS) is 11.6. The van der Waals surface area contributed by atoms with Crippen LogP contribution in [0, 0.1) is 0 Å². The van der Waals surface area contributed by atoms with Gasteiger partial charge in [-0.15, -0.1) is 0 Å². The van der Waals surface area contributed by atoms with Gasteiger partial charge in [0.1, 0.15) is 0 Å². The third-order valence-corrected chi connectivity index (χ3v) is 6.08. The number of amides is 1. The largest absolute Gasteiger partial charge is 0.339 e. The quantitative estimate of drug-likeness (QED) is 0.236. The summed E-state index contributed by atoms with van der Waals surface area (Å²) in [6, 6.07) is 7.69. The van der Waals surface area contributed by atoms with Crippen LogP contribution in [0.1, 0.15) is 87.6 Å². The predicted molar refractivity (Wildman–Crippen MR) is 124 cm³/mol. The summed E-state index contributed by atoms with van der Waals surface area (Å²) in [5.74, 6) is 0.115. The number of rotatable bonds is 17. The maximum atomic E-state index is 13.0. The zero-order valence-electron chi connectivity index (χ0n) is 18.8. The molecule has 1 amide bonds. The van der Waals surface area contributed by atoms with Crippen molar-refractivity contribution in [3.05, 3.63) is 35.4 Å². The molecule has 0 radical (unpaired) electrons. The van der Waals surface area contributed by atoms with Crippen molar-refractivity contribution in [2.75, 3.05) is 25.8 Å². The Morgan fingerprint density at radius 1 is 0.900 bits per heavy atom. The lowest BCUT2D eigenvalue weighted by molar-refractivity contribution is 0.0749. The Bertz CT molecular complexity index is 619. The minimum Gasteiger partial charge on any atom is -0.339 e. The van der Waals surface area contributed by atoms with E-state index in [4.69, 9.17) is 9.79 Å². The van der Waals surface area contributed by atoms with Crippen molar-refractivity contribution in [1.29, 1.82) is 0 Å². The molecule has 1 rings (SSSR count). The number of nitrogens with one attached hydrogen (secondary N) is 1. The zero-order valence-corrected chi connectivity index (χ0v) is 19.7. The Kier molecular flexibility index (Phi) is 13.9. The van der Waals surface area contributed by atoms with Gasteiger partial charge in [0.15, 0.2) is 0 Å². The molecule has 1 aromatic rings. The summed E-state index contributed by atoms with van der Waals surface area (Å²) in [5.41, 5.74) is 1.78. The van der Waals surface area contributed by atoms with Crippen molar-refractivity contribution >= 4 is 13.5 Å². The fourth-order valence-electron chi connectivity index (χ4n) is 3.36. The van der Waals surface area contributed by atoms with E-state index in [0.717, 1.165) is 37.1 Å². The molecule has 7 heteroatoms. The third kappa shape index (κ3) is 12.5. The van der Waals surface area contributed by atoms with E-state index in [2.05, 4.69) is 19.2 Å². The number of hydrogen-bond acceptors (Lipinski definition) is 3. The smallest absolute Gasteiger partial charge is 0.325 e. The lowest BCUT2D eigenvalue weighted by Crippen LogP contribution is -2.33.